The van der Waals surface area contributed by atoms with Gasteiger partial charge in [0.25, 0.3) is 0 Å². The van der Waals surface area contributed by atoms with E-state index in [1.165, 1.54) is 38.5 Å². The topological polar surface area (TPSA) is 52.0 Å². The molecule has 0 aromatic rings. The highest BCUT2D eigenvalue weighted by Gasteiger charge is 2.08. The molecule has 0 spiro atoms. The molecule has 92 valence electrons. The van der Waals surface area contributed by atoms with Gasteiger partial charge in [0, 0.05) is 12.1 Å². The van der Waals surface area contributed by atoms with Gasteiger partial charge in [-0.3, -0.25) is 0 Å². The predicted octanol–water partition coefficient (Wildman–Crippen LogP) is 3.19. The van der Waals surface area contributed by atoms with E-state index in [4.69, 9.17) is 11.5 Å². The molecule has 0 radical (unpaired) electrons. The van der Waals surface area contributed by atoms with Crippen molar-refractivity contribution >= 4 is 0 Å². The molecule has 0 aliphatic heterocycles. The third kappa shape index (κ3) is 10.2. The largest absolute Gasteiger partial charge is 0.328 e. The summed E-state index contributed by atoms with van der Waals surface area (Å²) in [6.45, 7) is 4.45. The first-order chi connectivity index (χ1) is 7.20. The first-order valence-electron chi connectivity index (χ1n) is 6.71. The first-order valence-corrected chi connectivity index (χ1v) is 6.71. The second kappa shape index (κ2) is 10.4. The van der Waals surface area contributed by atoms with E-state index in [1.54, 1.807) is 0 Å². The number of unbranched alkanes of at least 4 members (excludes halogenated alkanes) is 4. The van der Waals surface area contributed by atoms with Crippen molar-refractivity contribution in [2.75, 3.05) is 0 Å². The van der Waals surface area contributed by atoms with Crippen molar-refractivity contribution in [2.24, 2.45) is 11.5 Å². The zero-order valence-electron chi connectivity index (χ0n) is 10.7. The van der Waals surface area contributed by atoms with E-state index in [0.29, 0.717) is 12.1 Å². The summed E-state index contributed by atoms with van der Waals surface area (Å²) in [4.78, 5) is 0. The lowest BCUT2D eigenvalue weighted by molar-refractivity contribution is 0.448. The van der Waals surface area contributed by atoms with Gasteiger partial charge in [0.2, 0.25) is 0 Å². The van der Waals surface area contributed by atoms with Gasteiger partial charge < -0.3 is 11.5 Å². The molecule has 0 fully saturated rings. The van der Waals surface area contributed by atoms with Gasteiger partial charge in [-0.1, -0.05) is 52.4 Å². The zero-order valence-corrected chi connectivity index (χ0v) is 10.7. The number of hydrogen-bond acceptors (Lipinski definition) is 2. The lowest BCUT2D eigenvalue weighted by Gasteiger charge is -2.17. The predicted molar refractivity (Wildman–Crippen MR) is 68.9 cm³/mol. The third-order valence-corrected chi connectivity index (χ3v) is 2.96. The van der Waals surface area contributed by atoms with Gasteiger partial charge in [0.15, 0.2) is 0 Å². The molecule has 0 aliphatic carbocycles. The van der Waals surface area contributed by atoms with E-state index >= 15 is 0 Å². The second-order valence-corrected chi connectivity index (χ2v) is 4.75. The van der Waals surface area contributed by atoms with Crippen molar-refractivity contribution in [1.29, 1.82) is 0 Å². The van der Waals surface area contributed by atoms with Crippen LogP contribution in [-0.4, -0.2) is 12.1 Å². The van der Waals surface area contributed by atoms with Gasteiger partial charge in [-0.25, -0.2) is 0 Å². The molecule has 0 bridgehead atoms. The van der Waals surface area contributed by atoms with Crippen LogP contribution in [0.4, 0.5) is 0 Å². The highest BCUT2D eigenvalue weighted by Crippen LogP contribution is 2.10. The van der Waals surface area contributed by atoms with Crippen molar-refractivity contribution in [3.8, 4) is 0 Å². The van der Waals surface area contributed by atoms with Crippen LogP contribution in [0.2, 0.25) is 0 Å². The molecule has 0 aliphatic rings. The normalized spacial score (nSPS) is 15.2. The Balaban J connectivity index is 3.35. The Morgan fingerprint density at radius 3 is 1.47 bits per heavy atom. The first kappa shape index (κ1) is 14.9. The summed E-state index contributed by atoms with van der Waals surface area (Å²) in [6.07, 6.45) is 11.0. The van der Waals surface area contributed by atoms with Gasteiger partial charge in [0.05, 0.1) is 0 Å². The molecule has 0 saturated heterocycles. The van der Waals surface area contributed by atoms with Crippen LogP contribution in [0.1, 0.15) is 71.6 Å². The lowest BCUT2D eigenvalue weighted by atomic mass is 9.98. The van der Waals surface area contributed by atoms with Crippen LogP contribution in [-0.2, 0) is 0 Å². The van der Waals surface area contributed by atoms with Crippen LogP contribution >= 0.6 is 0 Å². The van der Waals surface area contributed by atoms with Gasteiger partial charge in [-0.05, 0) is 19.3 Å². The minimum atomic E-state index is 0.327. The third-order valence-electron chi connectivity index (χ3n) is 2.96. The fraction of sp³-hybridized carbons (Fsp3) is 1.00. The monoisotopic (exact) mass is 214 g/mol. The molecule has 4 N–H and O–H groups in total. The van der Waals surface area contributed by atoms with Gasteiger partial charge in [-0.2, -0.15) is 0 Å². The number of hydrogen-bond donors (Lipinski definition) is 2. The molecule has 2 heteroatoms. The SMILES string of the molecule is CCCCCC(N)CC(N)CCCCC. The van der Waals surface area contributed by atoms with Crippen molar-refractivity contribution in [3.63, 3.8) is 0 Å². The van der Waals surface area contributed by atoms with E-state index in [9.17, 15) is 0 Å². The molecule has 2 unspecified atom stereocenters. The molecular formula is C13H30N2. The summed E-state index contributed by atoms with van der Waals surface area (Å²) in [5.74, 6) is 0. The van der Waals surface area contributed by atoms with Gasteiger partial charge in [0.1, 0.15) is 0 Å². The Morgan fingerprint density at radius 1 is 0.733 bits per heavy atom. The summed E-state index contributed by atoms with van der Waals surface area (Å²) in [7, 11) is 0. The molecule has 15 heavy (non-hydrogen) atoms. The Labute approximate surface area is 95.8 Å². The molecule has 0 saturated carbocycles. The minimum Gasteiger partial charge on any atom is -0.328 e. The van der Waals surface area contributed by atoms with Crippen molar-refractivity contribution in [3.05, 3.63) is 0 Å². The zero-order chi connectivity index (χ0) is 11.5. The summed E-state index contributed by atoms with van der Waals surface area (Å²) in [6, 6.07) is 0.654. The highest BCUT2D eigenvalue weighted by molar-refractivity contribution is 4.70. The molecule has 0 aromatic carbocycles. The van der Waals surface area contributed by atoms with Crippen LogP contribution in [0.15, 0.2) is 0 Å². The molecule has 2 nitrogen and oxygen atoms in total. The summed E-state index contributed by atoms with van der Waals surface area (Å²) in [5.41, 5.74) is 12.1. The van der Waals surface area contributed by atoms with E-state index < -0.39 is 0 Å². The standard InChI is InChI=1S/C13H30N2/c1-3-5-7-9-12(14)11-13(15)10-8-6-4-2/h12-13H,3-11,14-15H2,1-2H3. The molecule has 0 rings (SSSR count). The average molecular weight is 214 g/mol. The van der Waals surface area contributed by atoms with E-state index in [1.807, 2.05) is 0 Å². The fourth-order valence-corrected chi connectivity index (χ4v) is 1.94. The molecule has 0 aromatic heterocycles. The highest BCUT2D eigenvalue weighted by atomic mass is 14.7. The van der Waals surface area contributed by atoms with Crippen LogP contribution in [0.3, 0.4) is 0 Å². The lowest BCUT2D eigenvalue weighted by Crippen LogP contribution is -2.31. The smallest absolute Gasteiger partial charge is 0.00535 e. The van der Waals surface area contributed by atoms with E-state index in [-0.39, 0.29) is 0 Å². The Kier molecular flexibility index (Phi) is 10.4. The van der Waals surface area contributed by atoms with E-state index in [0.717, 1.165) is 19.3 Å². The van der Waals surface area contributed by atoms with Gasteiger partial charge in [-0.15, -0.1) is 0 Å². The molecule has 2 atom stereocenters. The quantitative estimate of drug-likeness (QED) is 0.549. The van der Waals surface area contributed by atoms with Crippen LogP contribution < -0.4 is 11.5 Å². The van der Waals surface area contributed by atoms with Crippen LogP contribution in [0.5, 0.6) is 0 Å². The Bertz CT molecular complexity index is 112. The maximum atomic E-state index is 6.04. The molecule has 0 heterocycles. The van der Waals surface area contributed by atoms with Crippen molar-refractivity contribution in [2.45, 2.75) is 83.7 Å². The second-order valence-electron chi connectivity index (χ2n) is 4.75. The maximum absolute atomic E-state index is 6.04. The number of nitrogens with two attached hydrogens (primary N) is 2. The summed E-state index contributed by atoms with van der Waals surface area (Å²) < 4.78 is 0. The number of rotatable bonds is 10. The fourth-order valence-electron chi connectivity index (χ4n) is 1.94. The van der Waals surface area contributed by atoms with Crippen molar-refractivity contribution in [1.82, 2.24) is 0 Å². The maximum Gasteiger partial charge on any atom is 0.00535 e. The summed E-state index contributed by atoms with van der Waals surface area (Å²) in [5, 5.41) is 0. The van der Waals surface area contributed by atoms with E-state index in [2.05, 4.69) is 13.8 Å². The molecule has 0 amide bonds. The molecular weight excluding hydrogens is 184 g/mol. The van der Waals surface area contributed by atoms with Crippen molar-refractivity contribution < 1.29 is 0 Å². The minimum absolute atomic E-state index is 0.327. The summed E-state index contributed by atoms with van der Waals surface area (Å²) >= 11 is 0. The Morgan fingerprint density at radius 2 is 1.13 bits per heavy atom. The average Bonchev–Trinajstić information content (AvgIpc) is 2.18. The van der Waals surface area contributed by atoms with Gasteiger partial charge >= 0.3 is 0 Å². The Hall–Kier alpha value is -0.0800. The van der Waals surface area contributed by atoms with Crippen LogP contribution in [0.25, 0.3) is 0 Å². The van der Waals surface area contributed by atoms with Crippen LogP contribution in [0, 0.1) is 0 Å².